The summed E-state index contributed by atoms with van der Waals surface area (Å²) in [7, 11) is 7.89. The Hall–Kier alpha value is -2.53. The lowest BCUT2D eigenvalue weighted by Crippen LogP contribution is -2.33. The molecular weight excluding hydrogens is 350 g/mol. The fraction of sp³-hybridized carbons (Fsp3) is 0.435. The Morgan fingerprint density at radius 1 is 1.07 bits per heavy atom. The monoisotopic (exact) mass is 379 g/mol. The lowest BCUT2D eigenvalue weighted by Gasteiger charge is -2.27. The van der Waals surface area contributed by atoms with Crippen LogP contribution in [0, 0.1) is 11.8 Å². The van der Waals surface area contributed by atoms with Gasteiger partial charge >= 0.3 is 0 Å². The number of benzene rings is 2. The van der Waals surface area contributed by atoms with E-state index in [9.17, 15) is 4.79 Å². The Bertz CT molecular complexity index is 849. The zero-order chi connectivity index (χ0) is 19.8. The van der Waals surface area contributed by atoms with Crippen molar-refractivity contribution < 1.29 is 9.53 Å². The van der Waals surface area contributed by atoms with Crippen molar-refractivity contribution in [2.75, 3.05) is 52.8 Å². The molecule has 0 spiro atoms. The number of hydrogen-bond donors (Lipinski definition) is 0. The zero-order valence-electron chi connectivity index (χ0n) is 17.1. The van der Waals surface area contributed by atoms with Gasteiger partial charge in [0, 0.05) is 56.9 Å². The van der Waals surface area contributed by atoms with E-state index in [1.165, 1.54) is 5.56 Å². The summed E-state index contributed by atoms with van der Waals surface area (Å²) in [5, 5.41) is 0. The van der Waals surface area contributed by atoms with E-state index in [1.54, 1.807) is 7.11 Å². The van der Waals surface area contributed by atoms with Crippen LogP contribution in [0.3, 0.4) is 0 Å². The molecule has 2 saturated heterocycles. The van der Waals surface area contributed by atoms with E-state index in [1.807, 2.05) is 60.3 Å². The SMILES string of the molecule is COc1ccc([C@@H]2[C@@H]3CN(C(=O)c4cccc(N(C)C)c4)C[C@@H]3CN2C)cc1. The quantitative estimate of drug-likeness (QED) is 0.818. The van der Waals surface area contributed by atoms with E-state index >= 15 is 0 Å². The topological polar surface area (TPSA) is 36.0 Å². The summed E-state index contributed by atoms with van der Waals surface area (Å²) < 4.78 is 5.30. The molecule has 0 saturated carbocycles. The van der Waals surface area contributed by atoms with Crippen LogP contribution in [-0.4, -0.2) is 63.6 Å². The summed E-state index contributed by atoms with van der Waals surface area (Å²) in [6.07, 6.45) is 0. The van der Waals surface area contributed by atoms with Crippen molar-refractivity contribution in [1.29, 1.82) is 0 Å². The van der Waals surface area contributed by atoms with Gasteiger partial charge in [-0.15, -0.1) is 0 Å². The predicted octanol–water partition coefficient (Wildman–Crippen LogP) is 3.14. The number of carbonyl (C=O) groups excluding carboxylic acids is 1. The molecule has 2 fully saturated rings. The fourth-order valence-electron chi connectivity index (χ4n) is 4.83. The van der Waals surface area contributed by atoms with Crippen molar-refractivity contribution in [2.24, 2.45) is 11.8 Å². The number of methoxy groups -OCH3 is 1. The van der Waals surface area contributed by atoms with Gasteiger partial charge < -0.3 is 14.5 Å². The first-order valence-electron chi connectivity index (χ1n) is 9.89. The van der Waals surface area contributed by atoms with Crippen molar-refractivity contribution in [2.45, 2.75) is 6.04 Å². The third kappa shape index (κ3) is 3.35. The van der Waals surface area contributed by atoms with E-state index in [0.717, 1.165) is 36.6 Å². The maximum absolute atomic E-state index is 13.1. The smallest absolute Gasteiger partial charge is 0.253 e. The van der Waals surface area contributed by atoms with E-state index in [4.69, 9.17) is 4.74 Å². The highest BCUT2D eigenvalue weighted by Gasteiger charge is 2.47. The Morgan fingerprint density at radius 3 is 2.50 bits per heavy atom. The Balaban J connectivity index is 1.52. The molecule has 2 aromatic rings. The second-order valence-electron chi connectivity index (χ2n) is 8.24. The number of anilines is 1. The first kappa shape index (κ1) is 18.8. The first-order chi connectivity index (χ1) is 13.5. The molecule has 0 N–H and O–H groups in total. The molecule has 2 aromatic carbocycles. The number of nitrogens with zero attached hydrogens (tertiary/aromatic N) is 3. The number of likely N-dealkylation sites (tertiary alicyclic amines) is 2. The van der Waals surface area contributed by atoms with Gasteiger partial charge in [0.1, 0.15) is 5.75 Å². The summed E-state index contributed by atoms with van der Waals surface area (Å²) in [6.45, 7) is 2.69. The van der Waals surface area contributed by atoms with Gasteiger partial charge in [0.15, 0.2) is 0 Å². The molecule has 5 nitrogen and oxygen atoms in total. The molecule has 2 heterocycles. The largest absolute Gasteiger partial charge is 0.497 e. The molecule has 0 aliphatic carbocycles. The molecule has 0 unspecified atom stereocenters. The van der Waals surface area contributed by atoms with Crippen molar-refractivity contribution in [3.8, 4) is 5.75 Å². The third-order valence-electron chi connectivity index (χ3n) is 6.25. The van der Waals surface area contributed by atoms with Crippen LogP contribution >= 0.6 is 0 Å². The highest BCUT2D eigenvalue weighted by molar-refractivity contribution is 5.95. The van der Waals surface area contributed by atoms with Gasteiger partial charge in [-0.3, -0.25) is 9.69 Å². The zero-order valence-corrected chi connectivity index (χ0v) is 17.1. The van der Waals surface area contributed by atoms with Gasteiger partial charge in [0.25, 0.3) is 5.91 Å². The molecule has 3 atom stereocenters. The Kier molecular flexibility index (Phi) is 5.02. The summed E-state index contributed by atoms with van der Waals surface area (Å²) in [5.74, 6) is 2.02. The van der Waals surface area contributed by atoms with Crippen LogP contribution < -0.4 is 9.64 Å². The second-order valence-corrected chi connectivity index (χ2v) is 8.24. The van der Waals surface area contributed by atoms with Crippen LogP contribution in [0.15, 0.2) is 48.5 Å². The van der Waals surface area contributed by atoms with Gasteiger partial charge in [0.2, 0.25) is 0 Å². The normalized spacial score (nSPS) is 24.3. The molecule has 5 heteroatoms. The van der Waals surface area contributed by atoms with Crippen molar-refractivity contribution >= 4 is 11.6 Å². The molecule has 2 aliphatic heterocycles. The van der Waals surface area contributed by atoms with Crippen molar-refractivity contribution in [3.63, 3.8) is 0 Å². The lowest BCUT2D eigenvalue weighted by atomic mass is 9.89. The Morgan fingerprint density at radius 2 is 1.82 bits per heavy atom. The van der Waals surface area contributed by atoms with Crippen LogP contribution in [0.5, 0.6) is 5.75 Å². The van der Waals surface area contributed by atoms with Crippen LogP contribution in [0.2, 0.25) is 0 Å². The standard InChI is InChI=1S/C23H29N3O2/c1-24(2)19-7-5-6-17(12-19)23(27)26-14-18-13-25(3)22(21(18)15-26)16-8-10-20(28-4)11-9-16/h5-12,18,21-22H,13-15H2,1-4H3/t18-,21+,22+/m0/s1. The van der Waals surface area contributed by atoms with E-state index in [-0.39, 0.29) is 5.91 Å². The molecule has 4 rings (SSSR count). The minimum atomic E-state index is 0.147. The van der Waals surface area contributed by atoms with Crippen molar-refractivity contribution in [1.82, 2.24) is 9.80 Å². The highest BCUT2D eigenvalue weighted by Crippen LogP contribution is 2.44. The second kappa shape index (κ2) is 7.47. The molecule has 1 amide bonds. The van der Waals surface area contributed by atoms with E-state index < -0.39 is 0 Å². The van der Waals surface area contributed by atoms with Gasteiger partial charge in [-0.25, -0.2) is 0 Å². The Labute approximate surface area is 167 Å². The third-order valence-corrected chi connectivity index (χ3v) is 6.25. The number of carbonyl (C=O) groups is 1. The molecule has 28 heavy (non-hydrogen) atoms. The van der Waals surface area contributed by atoms with E-state index in [0.29, 0.717) is 17.9 Å². The molecule has 0 aromatic heterocycles. The summed E-state index contributed by atoms with van der Waals surface area (Å²) >= 11 is 0. The van der Waals surface area contributed by atoms with Crippen LogP contribution in [0.4, 0.5) is 5.69 Å². The number of ether oxygens (including phenoxy) is 1. The maximum atomic E-state index is 13.1. The number of fused-ring (bicyclic) bond motifs is 1. The fourth-order valence-corrected chi connectivity index (χ4v) is 4.83. The minimum Gasteiger partial charge on any atom is -0.497 e. The minimum absolute atomic E-state index is 0.147. The highest BCUT2D eigenvalue weighted by atomic mass is 16.5. The lowest BCUT2D eigenvalue weighted by molar-refractivity contribution is 0.0768. The van der Waals surface area contributed by atoms with Gasteiger partial charge in [0.05, 0.1) is 7.11 Å². The number of rotatable bonds is 4. The van der Waals surface area contributed by atoms with Crippen LogP contribution in [0.25, 0.3) is 0 Å². The van der Waals surface area contributed by atoms with Gasteiger partial charge in [-0.1, -0.05) is 18.2 Å². The molecule has 148 valence electrons. The molecule has 0 radical (unpaired) electrons. The number of amides is 1. The average Bonchev–Trinajstić information content (AvgIpc) is 3.24. The maximum Gasteiger partial charge on any atom is 0.253 e. The predicted molar refractivity (Wildman–Crippen MR) is 112 cm³/mol. The van der Waals surface area contributed by atoms with Crippen LogP contribution in [-0.2, 0) is 0 Å². The first-order valence-corrected chi connectivity index (χ1v) is 9.89. The average molecular weight is 380 g/mol. The van der Waals surface area contributed by atoms with Crippen LogP contribution in [0.1, 0.15) is 22.0 Å². The van der Waals surface area contributed by atoms with E-state index in [2.05, 4.69) is 24.1 Å². The van der Waals surface area contributed by atoms with Gasteiger partial charge in [-0.2, -0.15) is 0 Å². The molecular formula is C23H29N3O2. The number of hydrogen-bond acceptors (Lipinski definition) is 4. The summed E-state index contributed by atoms with van der Waals surface area (Å²) in [6, 6.07) is 16.6. The molecule has 2 aliphatic rings. The van der Waals surface area contributed by atoms with Gasteiger partial charge in [-0.05, 0) is 48.9 Å². The van der Waals surface area contributed by atoms with Crippen molar-refractivity contribution in [3.05, 3.63) is 59.7 Å². The molecule has 0 bridgehead atoms. The summed E-state index contributed by atoms with van der Waals surface area (Å²) in [5.41, 5.74) is 3.14. The summed E-state index contributed by atoms with van der Waals surface area (Å²) in [4.78, 5) is 19.7.